The summed E-state index contributed by atoms with van der Waals surface area (Å²) in [5.74, 6) is 0. The maximum Gasteiger partial charge on any atom is 0.419 e. The lowest BCUT2D eigenvalue weighted by Gasteiger charge is -2.35. The Morgan fingerprint density at radius 3 is 2.20 bits per heavy atom. The van der Waals surface area contributed by atoms with Crippen molar-refractivity contribution in [3.05, 3.63) is 35.9 Å². The Labute approximate surface area is 267 Å². The number of nitrogens with one attached hydrogen (secondary N) is 3. The van der Waals surface area contributed by atoms with Crippen LogP contribution >= 0.6 is 11.8 Å². The first-order valence-corrected chi connectivity index (χ1v) is 16.1. The maximum atomic E-state index is 14.1. The zero-order chi connectivity index (χ0) is 33.0. The SMILES string of the molecule is CC(C)(C)OC(=O)NCCNCCCNc1cc(C(F)(F)F)cc2c1N(C(=O)OC(C)(C)C)c1ccc(N3CCCC3)cc1S2. The monoisotopic (exact) mass is 651 g/mol. The molecule has 0 bridgehead atoms. The molecular formula is C32H44F3N5O4S. The molecule has 0 radical (unpaired) electrons. The minimum absolute atomic E-state index is 0.194. The van der Waals surface area contributed by atoms with Crippen LogP contribution in [-0.2, 0) is 15.7 Å². The van der Waals surface area contributed by atoms with Crippen molar-refractivity contribution >= 4 is 46.7 Å². The molecule has 2 aliphatic rings. The van der Waals surface area contributed by atoms with E-state index in [4.69, 9.17) is 9.47 Å². The quantitative estimate of drug-likeness (QED) is 0.237. The standard InChI is InChI=1S/C32H44F3N5O4S/c1-30(2,3)43-28(41)38-15-14-36-12-9-13-37-23-18-21(32(33,34)35)19-26-27(23)40(29(42)44-31(4,5)6)24-11-10-22(20-25(24)45-26)39-16-7-8-17-39/h10-11,18-20,36-37H,7-9,12-17H2,1-6H3,(H,38,41). The highest BCUT2D eigenvalue weighted by molar-refractivity contribution is 7.99. The number of anilines is 4. The van der Waals surface area contributed by atoms with Crippen LogP contribution in [0.2, 0.25) is 0 Å². The molecule has 4 rings (SSSR count). The number of amides is 2. The van der Waals surface area contributed by atoms with Crippen LogP contribution in [0, 0.1) is 0 Å². The molecule has 0 aliphatic carbocycles. The molecule has 0 saturated carbocycles. The number of hydrogen-bond donors (Lipinski definition) is 3. The number of hydrogen-bond acceptors (Lipinski definition) is 8. The van der Waals surface area contributed by atoms with Gasteiger partial charge in [-0.1, -0.05) is 11.8 Å². The Balaban J connectivity index is 1.53. The lowest BCUT2D eigenvalue weighted by Crippen LogP contribution is -2.36. The van der Waals surface area contributed by atoms with Crippen LogP contribution in [0.1, 0.15) is 66.4 Å². The molecule has 1 fully saturated rings. The van der Waals surface area contributed by atoms with Crippen molar-refractivity contribution in [2.45, 2.75) is 88.0 Å². The van der Waals surface area contributed by atoms with E-state index in [2.05, 4.69) is 20.9 Å². The topological polar surface area (TPSA) is 95.2 Å². The van der Waals surface area contributed by atoms with Crippen LogP contribution in [0.15, 0.2) is 40.1 Å². The Hall–Kier alpha value is -3.32. The van der Waals surface area contributed by atoms with Crippen molar-refractivity contribution in [2.24, 2.45) is 0 Å². The van der Waals surface area contributed by atoms with Crippen LogP contribution in [-0.4, -0.2) is 62.7 Å². The summed E-state index contributed by atoms with van der Waals surface area (Å²) in [5.41, 5.74) is -0.136. The third-order valence-corrected chi connectivity index (χ3v) is 7.97. The van der Waals surface area contributed by atoms with Crippen molar-refractivity contribution in [2.75, 3.05) is 54.4 Å². The number of nitrogens with zero attached hydrogens (tertiary/aromatic N) is 2. The fourth-order valence-electron chi connectivity index (χ4n) is 5.02. The summed E-state index contributed by atoms with van der Waals surface area (Å²) in [4.78, 5) is 30.1. The van der Waals surface area contributed by atoms with Gasteiger partial charge in [-0.3, -0.25) is 0 Å². The van der Waals surface area contributed by atoms with Gasteiger partial charge in [-0.25, -0.2) is 14.5 Å². The predicted molar refractivity (Wildman–Crippen MR) is 172 cm³/mol. The number of fused-ring (bicyclic) bond motifs is 2. The lowest BCUT2D eigenvalue weighted by atomic mass is 10.1. The largest absolute Gasteiger partial charge is 0.444 e. The van der Waals surface area contributed by atoms with E-state index in [1.165, 1.54) is 16.7 Å². The summed E-state index contributed by atoms with van der Waals surface area (Å²) in [5, 5.41) is 9.02. The van der Waals surface area contributed by atoms with Crippen molar-refractivity contribution < 1.29 is 32.2 Å². The van der Waals surface area contributed by atoms with E-state index in [9.17, 15) is 22.8 Å². The highest BCUT2D eigenvalue weighted by Crippen LogP contribution is 2.54. The number of halogens is 3. The summed E-state index contributed by atoms with van der Waals surface area (Å²) in [6.45, 7) is 14.2. The Morgan fingerprint density at radius 2 is 1.56 bits per heavy atom. The van der Waals surface area contributed by atoms with Crippen molar-refractivity contribution in [1.29, 1.82) is 0 Å². The predicted octanol–water partition coefficient (Wildman–Crippen LogP) is 7.76. The third-order valence-electron chi connectivity index (χ3n) is 6.89. The number of ether oxygens (including phenoxy) is 2. The van der Waals surface area contributed by atoms with E-state index in [0.717, 1.165) is 43.8 Å². The van der Waals surface area contributed by atoms with E-state index in [1.807, 2.05) is 18.2 Å². The Kier molecular flexibility index (Phi) is 10.7. The number of carbonyl (C=O) groups is 2. The molecule has 0 unspecified atom stereocenters. The fourth-order valence-corrected chi connectivity index (χ4v) is 6.19. The van der Waals surface area contributed by atoms with Crippen molar-refractivity contribution in [1.82, 2.24) is 10.6 Å². The van der Waals surface area contributed by atoms with Crippen molar-refractivity contribution in [3.8, 4) is 0 Å². The minimum Gasteiger partial charge on any atom is -0.444 e. The van der Waals surface area contributed by atoms with E-state index < -0.39 is 35.1 Å². The van der Waals surface area contributed by atoms with Gasteiger partial charge in [-0.15, -0.1) is 0 Å². The van der Waals surface area contributed by atoms with Crippen LogP contribution in [0.4, 0.5) is 45.5 Å². The van der Waals surface area contributed by atoms with Gasteiger partial charge in [0.2, 0.25) is 0 Å². The summed E-state index contributed by atoms with van der Waals surface area (Å²) >= 11 is 1.22. The van der Waals surface area contributed by atoms with Gasteiger partial charge in [0.25, 0.3) is 0 Å². The van der Waals surface area contributed by atoms with E-state index in [1.54, 1.807) is 41.5 Å². The van der Waals surface area contributed by atoms with Crippen LogP contribution in [0.5, 0.6) is 0 Å². The molecule has 9 nitrogen and oxygen atoms in total. The molecule has 2 aromatic rings. The number of benzene rings is 2. The number of alkyl halides is 3. The Bertz CT molecular complexity index is 1370. The number of rotatable bonds is 9. The molecule has 0 atom stereocenters. The fraction of sp³-hybridized carbons (Fsp3) is 0.562. The summed E-state index contributed by atoms with van der Waals surface area (Å²) in [7, 11) is 0. The van der Waals surface area contributed by atoms with E-state index in [0.29, 0.717) is 53.8 Å². The molecule has 13 heteroatoms. The molecule has 2 heterocycles. The smallest absolute Gasteiger partial charge is 0.419 e. The molecule has 2 aromatic carbocycles. The van der Waals surface area contributed by atoms with Gasteiger partial charge in [-0.05, 0) is 97.7 Å². The van der Waals surface area contributed by atoms with Crippen LogP contribution in [0.3, 0.4) is 0 Å². The van der Waals surface area contributed by atoms with Crippen LogP contribution in [0.25, 0.3) is 0 Å². The maximum absolute atomic E-state index is 14.1. The Morgan fingerprint density at radius 1 is 0.867 bits per heavy atom. The van der Waals surface area contributed by atoms with Gasteiger partial charge in [0.05, 0.1) is 22.6 Å². The summed E-state index contributed by atoms with van der Waals surface area (Å²) in [6, 6.07) is 7.90. The second kappa shape index (κ2) is 14.0. The molecule has 45 heavy (non-hydrogen) atoms. The highest BCUT2D eigenvalue weighted by Gasteiger charge is 2.38. The first-order valence-electron chi connectivity index (χ1n) is 15.3. The number of alkyl carbamates (subject to hydrolysis) is 1. The third kappa shape index (κ3) is 9.59. The second-order valence-corrected chi connectivity index (χ2v) is 14.2. The molecule has 1 saturated heterocycles. The summed E-state index contributed by atoms with van der Waals surface area (Å²) < 4.78 is 53.2. The van der Waals surface area contributed by atoms with Crippen LogP contribution < -0.4 is 25.8 Å². The van der Waals surface area contributed by atoms with Gasteiger partial charge in [0.1, 0.15) is 11.2 Å². The molecule has 2 aliphatic heterocycles. The first kappa shape index (κ1) is 34.6. The molecule has 0 aromatic heterocycles. The number of carbonyl (C=O) groups excluding carboxylic acids is 2. The average Bonchev–Trinajstić information content (AvgIpc) is 3.45. The lowest BCUT2D eigenvalue weighted by molar-refractivity contribution is -0.137. The van der Waals surface area contributed by atoms with Gasteiger partial charge in [0.15, 0.2) is 0 Å². The van der Waals surface area contributed by atoms with Gasteiger partial charge >= 0.3 is 18.4 Å². The normalized spacial score (nSPS) is 15.0. The summed E-state index contributed by atoms with van der Waals surface area (Å²) in [6.07, 6.45) is -3.00. The first-order chi connectivity index (χ1) is 21.0. The van der Waals surface area contributed by atoms with Gasteiger partial charge < -0.3 is 30.3 Å². The minimum atomic E-state index is -4.58. The molecule has 248 valence electrons. The molecule has 2 amide bonds. The molecular weight excluding hydrogens is 607 g/mol. The second-order valence-electron chi connectivity index (χ2n) is 13.1. The molecule has 3 N–H and O–H groups in total. The van der Waals surface area contributed by atoms with Crippen molar-refractivity contribution in [3.63, 3.8) is 0 Å². The van der Waals surface area contributed by atoms with E-state index >= 15 is 0 Å². The van der Waals surface area contributed by atoms with Gasteiger partial charge in [-0.2, -0.15) is 13.2 Å². The average molecular weight is 652 g/mol. The molecule has 0 spiro atoms. The van der Waals surface area contributed by atoms with E-state index in [-0.39, 0.29) is 5.69 Å². The zero-order valence-corrected chi connectivity index (χ0v) is 27.6. The highest BCUT2D eigenvalue weighted by atomic mass is 32.2. The zero-order valence-electron chi connectivity index (χ0n) is 26.8. The van der Waals surface area contributed by atoms with Gasteiger partial charge in [0, 0.05) is 48.2 Å².